The lowest BCUT2D eigenvalue weighted by Crippen LogP contribution is -2.26. The van der Waals surface area contributed by atoms with Crippen LogP contribution in [0.15, 0.2) is 34.6 Å². The van der Waals surface area contributed by atoms with Crippen molar-refractivity contribution in [2.75, 3.05) is 11.9 Å². The van der Waals surface area contributed by atoms with Crippen molar-refractivity contribution >= 4 is 33.6 Å². The number of halogens is 1. The molecule has 7 nitrogen and oxygen atoms in total. The van der Waals surface area contributed by atoms with Crippen LogP contribution < -0.4 is 10.6 Å². The van der Waals surface area contributed by atoms with Gasteiger partial charge in [-0.1, -0.05) is 22.4 Å². The fourth-order valence-corrected chi connectivity index (χ4v) is 1.99. The lowest BCUT2D eigenvalue weighted by Gasteiger charge is -2.05. The lowest BCUT2D eigenvalue weighted by atomic mass is 10.2. The van der Waals surface area contributed by atoms with Crippen molar-refractivity contribution in [3.8, 4) is 6.07 Å². The first kappa shape index (κ1) is 18.6. The predicted molar refractivity (Wildman–Crippen MR) is 88.4 cm³/mol. The van der Waals surface area contributed by atoms with Gasteiger partial charge >= 0.3 is 5.97 Å². The Morgan fingerprint density at radius 3 is 2.83 bits per heavy atom. The van der Waals surface area contributed by atoms with Crippen LogP contribution in [0.25, 0.3) is 0 Å². The zero-order valence-corrected chi connectivity index (χ0v) is 14.0. The fourth-order valence-electron chi connectivity index (χ4n) is 1.65. The van der Waals surface area contributed by atoms with Crippen molar-refractivity contribution in [3.05, 3.63) is 34.6 Å². The number of hydrogen-bond donors (Lipinski definition) is 3. The predicted octanol–water partition coefficient (Wildman–Crippen LogP) is 2.42. The number of nitriles is 1. The molecule has 1 amide bonds. The molecule has 0 saturated heterocycles. The average molecular weight is 381 g/mol. The van der Waals surface area contributed by atoms with E-state index in [2.05, 4.69) is 31.5 Å². The zero-order valence-electron chi connectivity index (χ0n) is 12.4. The van der Waals surface area contributed by atoms with Crippen molar-refractivity contribution in [3.63, 3.8) is 0 Å². The first-order valence-corrected chi connectivity index (χ1v) is 7.80. The van der Waals surface area contributed by atoms with Gasteiger partial charge in [-0.05, 0) is 25.0 Å². The maximum Gasteiger partial charge on any atom is 0.303 e. The molecule has 1 aromatic heterocycles. The Morgan fingerprint density at radius 1 is 1.39 bits per heavy atom. The molecule has 0 saturated carbocycles. The maximum atomic E-state index is 11.8. The van der Waals surface area contributed by atoms with Gasteiger partial charge in [-0.15, -0.1) is 0 Å². The Morgan fingerprint density at radius 2 is 2.17 bits per heavy atom. The second-order valence-corrected chi connectivity index (χ2v) is 5.55. The van der Waals surface area contributed by atoms with Gasteiger partial charge in [0.1, 0.15) is 17.5 Å². The van der Waals surface area contributed by atoms with Gasteiger partial charge < -0.3 is 15.7 Å². The van der Waals surface area contributed by atoms with Crippen molar-refractivity contribution in [2.45, 2.75) is 25.7 Å². The maximum absolute atomic E-state index is 11.8. The molecule has 0 fully saturated rings. The molecule has 0 aromatic carbocycles. The number of aliphatic carboxylic acids is 1. The second-order valence-electron chi connectivity index (χ2n) is 4.63. The molecule has 0 aliphatic rings. The summed E-state index contributed by atoms with van der Waals surface area (Å²) in [6, 6.07) is 5.30. The van der Waals surface area contributed by atoms with Gasteiger partial charge in [0.15, 0.2) is 0 Å². The van der Waals surface area contributed by atoms with Crippen LogP contribution in [0.4, 0.5) is 5.82 Å². The number of carbonyl (C=O) groups excluding carboxylic acids is 1. The lowest BCUT2D eigenvalue weighted by molar-refractivity contribution is -0.137. The molecule has 0 bridgehead atoms. The number of hydrogen-bond acceptors (Lipinski definition) is 5. The summed E-state index contributed by atoms with van der Waals surface area (Å²) in [5, 5.41) is 22.9. The Hall–Kier alpha value is -2.40. The first-order valence-electron chi connectivity index (χ1n) is 7.01. The van der Waals surface area contributed by atoms with E-state index in [0.717, 1.165) is 4.47 Å². The highest BCUT2D eigenvalue weighted by atomic mass is 79.9. The Labute approximate surface area is 142 Å². The molecule has 8 heteroatoms. The third-order valence-corrected chi connectivity index (χ3v) is 3.30. The highest BCUT2D eigenvalue weighted by Gasteiger charge is 2.08. The van der Waals surface area contributed by atoms with Gasteiger partial charge in [-0.25, -0.2) is 4.98 Å². The van der Waals surface area contributed by atoms with E-state index in [-0.39, 0.29) is 12.0 Å². The molecule has 1 heterocycles. The molecule has 1 rings (SSSR count). The van der Waals surface area contributed by atoms with Crippen molar-refractivity contribution < 1.29 is 14.7 Å². The second kappa shape index (κ2) is 10.3. The summed E-state index contributed by atoms with van der Waals surface area (Å²) < 4.78 is 0.827. The van der Waals surface area contributed by atoms with Crippen LogP contribution in [-0.4, -0.2) is 28.5 Å². The number of carbonyl (C=O) groups is 2. The highest BCUT2D eigenvalue weighted by Crippen LogP contribution is 2.12. The Balaban J connectivity index is 2.38. The number of aromatic nitrogens is 1. The molecule has 0 aliphatic carbocycles. The largest absolute Gasteiger partial charge is 0.481 e. The van der Waals surface area contributed by atoms with Crippen LogP contribution >= 0.6 is 15.9 Å². The van der Waals surface area contributed by atoms with E-state index in [0.29, 0.717) is 31.6 Å². The van der Waals surface area contributed by atoms with E-state index < -0.39 is 11.9 Å². The van der Waals surface area contributed by atoms with Crippen molar-refractivity contribution in [2.24, 2.45) is 0 Å². The van der Waals surface area contributed by atoms with Gasteiger partial charge in [0.25, 0.3) is 5.91 Å². The molecule has 0 aliphatic heterocycles. The minimum atomic E-state index is -0.823. The van der Waals surface area contributed by atoms with E-state index in [1.165, 1.54) is 6.20 Å². The van der Waals surface area contributed by atoms with E-state index >= 15 is 0 Å². The smallest absolute Gasteiger partial charge is 0.303 e. The third-order valence-electron chi connectivity index (χ3n) is 2.80. The summed E-state index contributed by atoms with van der Waals surface area (Å²) in [4.78, 5) is 26.2. The number of amides is 1. The van der Waals surface area contributed by atoms with Crippen molar-refractivity contribution in [1.82, 2.24) is 10.3 Å². The standard InChI is InChI=1S/C15H17BrN4O3/c16-12-5-7-18-13(8-12)20-10-11(9-17)15(23)19-6-3-1-2-4-14(21)22/h5,7-8,10H,1-4,6H2,(H,18,20)(H,19,23)(H,21,22)/b11-10-. The number of carboxylic acids is 1. The number of anilines is 1. The van der Waals surface area contributed by atoms with E-state index in [1.807, 2.05) is 6.07 Å². The number of unbranched alkanes of at least 4 members (excludes halogenated alkanes) is 2. The number of carboxylic acid groups (broad SMARTS) is 1. The van der Waals surface area contributed by atoms with Gasteiger partial charge in [0.05, 0.1) is 0 Å². The topological polar surface area (TPSA) is 115 Å². The molecule has 0 radical (unpaired) electrons. The summed E-state index contributed by atoms with van der Waals surface area (Å²) in [5.74, 6) is -0.794. The molecule has 0 atom stereocenters. The summed E-state index contributed by atoms with van der Waals surface area (Å²) in [6.45, 7) is 0.395. The summed E-state index contributed by atoms with van der Waals surface area (Å²) >= 11 is 3.30. The SMILES string of the molecule is N#C/C(=C/Nc1cc(Br)ccn1)C(=O)NCCCCCC(=O)O. The average Bonchev–Trinajstić information content (AvgIpc) is 2.51. The van der Waals surface area contributed by atoms with E-state index in [4.69, 9.17) is 10.4 Å². The highest BCUT2D eigenvalue weighted by molar-refractivity contribution is 9.10. The number of nitrogens with zero attached hydrogens (tertiary/aromatic N) is 2. The van der Waals surface area contributed by atoms with Gasteiger partial charge in [-0.3, -0.25) is 9.59 Å². The van der Waals surface area contributed by atoms with Crippen LogP contribution in [0.5, 0.6) is 0 Å². The molecule has 3 N–H and O–H groups in total. The fraction of sp³-hybridized carbons (Fsp3) is 0.333. The van der Waals surface area contributed by atoms with E-state index in [1.54, 1.807) is 18.3 Å². The minimum Gasteiger partial charge on any atom is -0.481 e. The molecule has 0 unspecified atom stereocenters. The normalized spacial score (nSPS) is 10.7. The third kappa shape index (κ3) is 7.97. The number of nitrogens with one attached hydrogen (secondary N) is 2. The first-order chi connectivity index (χ1) is 11.0. The van der Waals surface area contributed by atoms with Crippen LogP contribution in [0.1, 0.15) is 25.7 Å². The Bertz CT molecular complexity index is 625. The molecule has 0 spiro atoms. The van der Waals surface area contributed by atoms with Crippen LogP contribution in [0, 0.1) is 11.3 Å². The molecular weight excluding hydrogens is 364 g/mol. The molecule has 1 aromatic rings. The summed E-state index contributed by atoms with van der Waals surface area (Å²) in [6.07, 6.45) is 4.96. The van der Waals surface area contributed by atoms with Gasteiger partial charge in [-0.2, -0.15) is 5.26 Å². The van der Waals surface area contributed by atoms with Crippen molar-refractivity contribution in [1.29, 1.82) is 5.26 Å². The van der Waals surface area contributed by atoms with Gasteiger partial charge in [0, 0.05) is 29.8 Å². The number of pyridine rings is 1. The van der Waals surface area contributed by atoms with Gasteiger partial charge in [0.2, 0.25) is 0 Å². The number of rotatable bonds is 9. The monoisotopic (exact) mass is 380 g/mol. The van der Waals surface area contributed by atoms with Crippen LogP contribution in [0.2, 0.25) is 0 Å². The summed E-state index contributed by atoms with van der Waals surface area (Å²) in [7, 11) is 0. The van der Waals surface area contributed by atoms with Crippen LogP contribution in [-0.2, 0) is 9.59 Å². The van der Waals surface area contributed by atoms with Crippen LogP contribution in [0.3, 0.4) is 0 Å². The van der Waals surface area contributed by atoms with E-state index in [9.17, 15) is 9.59 Å². The Kier molecular flexibility index (Phi) is 8.39. The molecule has 122 valence electrons. The summed E-state index contributed by atoms with van der Waals surface area (Å²) in [5.41, 5.74) is -0.0580. The molecular formula is C15H17BrN4O3. The minimum absolute atomic E-state index is 0.0580. The quantitative estimate of drug-likeness (QED) is 0.344. The zero-order chi connectivity index (χ0) is 17.1. The molecule has 23 heavy (non-hydrogen) atoms.